The van der Waals surface area contributed by atoms with E-state index in [4.69, 9.17) is 5.21 Å². The molecular formula is C14H12BrNOS. The van der Waals surface area contributed by atoms with Crippen molar-refractivity contribution in [3.05, 3.63) is 64.6 Å². The maximum absolute atomic E-state index is 9.11. The Hall–Kier alpha value is -1.26. The zero-order valence-corrected chi connectivity index (χ0v) is 12.0. The number of thioether (sulfide) groups is 1. The van der Waals surface area contributed by atoms with Gasteiger partial charge < -0.3 is 5.21 Å². The van der Waals surface area contributed by atoms with Crippen LogP contribution in [0.15, 0.2) is 69.1 Å². The molecule has 0 aromatic heterocycles. The van der Waals surface area contributed by atoms with Crippen LogP contribution in [0, 0.1) is 0 Å². The standard InChI is InChI=1S/C14H12BrNOS/c15-12-6-4-5-11(9-12)14(16-17)10-18-13-7-2-1-3-8-13/h1-9,17H,10H2/b16-14-. The maximum atomic E-state index is 9.11. The van der Waals surface area contributed by atoms with E-state index in [0.717, 1.165) is 14.9 Å². The van der Waals surface area contributed by atoms with Crippen LogP contribution >= 0.6 is 27.7 Å². The highest BCUT2D eigenvalue weighted by Gasteiger charge is 2.05. The van der Waals surface area contributed by atoms with Crippen LogP contribution in [0.25, 0.3) is 0 Å². The fraction of sp³-hybridized carbons (Fsp3) is 0.0714. The van der Waals surface area contributed by atoms with Crippen molar-refractivity contribution < 1.29 is 5.21 Å². The third-order valence-corrected chi connectivity index (χ3v) is 3.91. The van der Waals surface area contributed by atoms with Crippen LogP contribution in [0.2, 0.25) is 0 Å². The van der Waals surface area contributed by atoms with E-state index in [2.05, 4.69) is 21.1 Å². The van der Waals surface area contributed by atoms with E-state index < -0.39 is 0 Å². The average Bonchev–Trinajstić information content (AvgIpc) is 2.41. The molecular weight excluding hydrogens is 310 g/mol. The van der Waals surface area contributed by atoms with Crippen LogP contribution in [0.4, 0.5) is 0 Å². The van der Waals surface area contributed by atoms with Gasteiger partial charge >= 0.3 is 0 Å². The molecule has 0 spiro atoms. The molecule has 0 aliphatic heterocycles. The summed E-state index contributed by atoms with van der Waals surface area (Å²) >= 11 is 5.06. The number of oxime groups is 1. The normalized spacial score (nSPS) is 11.5. The Balaban J connectivity index is 2.07. The number of halogens is 1. The molecule has 0 unspecified atom stereocenters. The largest absolute Gasteiger partial charge is 0.411 e. The van der Waals surface area contributed by atoms with Gasteiger partial charge in [-0.3, -0.25) is 0 Å². The van der Waals surface area contributed by atoms with Gasteiger partial charge in [0.1, 0.15) is 0 Å². The van der Waals surface area contributed by atoms with Crippen LogP contribution < -0.4 is 0 Å². The zero-order chi connectivity index (χ0) is 12.8. The second-order valence-electron chi connectivity index (χ2n) is 3.66. The molecule has 2 nitrogen and oxygen atoms in total. The first-order chi connectivity index (χ1) is 8.79. The fourth-order valence-electron chi connectivity index (χ4n) is 1.51. The summed E-state index contributed by atoms with van der Waals surface area (Å²) in [6, 6.07) is 17.8. The molecule has 0 saturated carbocycles. The summed E-state index contributed by atoms with van der Waals surface area (Å²) in [5, 5.41) is 12.5. The Kier molecular flexibility index (Phi) is 4.84. The van der Waals surface area contributed by atoms with Crippen LogP contribution in [-0.4, -0.2) is 16.7 Å². The summed E-state index contributed by atoms with van der Waals surface area (Å²) in [5.74, 6) is 0.636. The number of hydrogen-bond donors (Lipinski definition) is 1. The van der Waals surface area contributed by atoms with E-state index in [0.29, 0.717) is 11.5 Å². The number of benzene rings is 2. The molecule has 2 rings (SSSR count). The van der Waals surface area contributed by atoms with E-state index in [9.17, 15) is 0 Å². The second-order valence-corrected chi connectivity index (χ2v) is 5.62. The Morgan fingerprint density at radius 2 is 1.89 bits per heavy atom. The minimum atomic E-state index is 0.636. The van der Waals surface area contributed by atoms with Crippen molar-refractivity contribution in [2.75, 3.05) is 5.75 Å². The molecule has 0 fully saturated rings. The lowest BCUT2D eigenvalue weighted by atomic mass is 10.1. The highest BCUT2D eigenvalue weighted by molar-refractivity contribution is 9.10. The van der Waals surface area contributed by atoms with E-state index in [1.807, 2.05) is 54.6 Å². The SMILES string of the molecule is O/N=C(/CSc1ccccc1)c1cccc(Br)c1. The Morgan fingerprint density at radius 1 is 1.11 bits per heavy atom. The molecule has 0 amide bonds. The van der Waals surface area contributed by atoms with Gasteiger partial charge in [0.2, 0.25) is 0 Å². The third kappa shape index (κ3) is 3.62. The molecule has 2 aromatic carbocycles. The smallest absolute Gasteiger partial charge is 0.0970 e. The molecule has 0 atom stereocenters. The predicted molar refractivity (Wildman–Crippen MR) is 79.6 cm³/mol. The maximum Gasteiger partial charge on any atom is 0.0970 e. The first-order valence-corrected chi connectivity index (χ1v) is 7.22. The molecule has 2 aromatic rings. The van der Waals surface area contributed by atoms with Gasteiger partial charge in [0, 0.05) is 20.7 Å². The van der Waals surface area contributed by atoms with Crippen LogP contribution in [0.1, 0.15) is 5.56 Å². The molecule has 0 aliphatic carbocycles. The van der Waals surface area contributed by atoms with E-state index in [1.165, 1.54) is 0 Å². The minimum Gasteiger partial charge on any atom is -0.411 e. The van der Waals surface area contributed by atoms with Gasteiger partial charge in [-0.15, -0.1) is 11.8 Å². The summed E-state index contributed by atoms with van der Waals surface area (Å²) in [5.41, 5.74) is 1.60. The third-order valence-electron chi connectivity index (χ3n) is 2.40. The average molecular weight is 322 g/mol. The lowest BCUT2D eigenvalue weighted by Gasteiger charge is -2.05. The Bertz CT molecular complexity index is 543. The molecule has 1 N–H and O–H groups in total. The lowest BCUT2D eigenvalue weighted by Crippen LogP contribution is -2.04. The van der Waals surface area contributed by atoms with Gasteiger partial charge in [-0.2, -0.15) is 0 Å². The summed E-state index contributed by atoms with van der Waals surface area (Å²) in [4.78, 5) is 1.16. The van der Waals surface area contributed by atoms with Crippen molar-refractivity contribution in [3.63, 3.8) is 0 Å². The summed E-state index contributed by atoms with van der Waals surface area (Å²) in [6.07, 6.45) is 0. The lowest BCUT2D eigenvalue weighted by molar-refractivity contribution is 0.319. The quantitative estimate of drug-likeness (QED) is 0.391. The molecule has 0 saturated heterocycles. The molecule has 0 aliphatic rings. The van der Waals surface area contributed by atoms with Crippen LogP contribution in [0.5, 0.6) is 0 Å². The number of nitrogens with zero attached hydrogens (tertiary/aromatic N) is 1. The highest BCUT2D eigenvalue weighted by atomic mass is 79.9. The van der Waals surface area contributed by atoms with Gasteiger partial charge in [-0.1, -0.05) is 51.4 Å². The zero-order valence-electron chi connectivity index (χ0n) is 9.58. The highest BCUT2D eigenvalue weighted by Crippen LogP contribution is 2.20. The molecule has 4 heteroatoms. The van der Waals surface area contributed by atoms with Crippen molar-refractivity contribution in [2.45, 2.75) is 4.90 Å². The molecule has 0 radical (unpaired) electrons. The first kappa shape index (κ1) is 13.2. The van der Waals surface area contributed by atoms with Crippen molar-refractivity contribution in [1.29, 1.82) is 0 Å². The number of hydrogen-bond acceptors (Lipinski definition) is 3. The Morgan fingerprint density at radius 3 is 2.56 bits per heavy atom. The fourth-order valence-corrected chi connectivity index (χ4v) is 2.78. The molecule has 92 valence electrons. The molecule has 18 heavy (non-hydrogen) atoms. The molecule has 0 bridgehead atoms. The molecule has 0 heterocycles. The topological polar surface area (TPSA) is 32.6 Å². The summed E-state index contributed by atoms with van der Waals surface area (Å²) < 4.78 is 0.978. The summed E-state index contributed by atoms with van der Waals surface area (Å²) in [6.45, 7) is 0. The first-order valence-electron chi connectivity index (χ1n) is 5.44. The van der Waals surface area contributed by atoms with Crippen molar-refractivity contribution in [2.24, 2.45) is 5.16 Å². The summed E-state index contributed by atoms with van der Waals surface area (Å²) in [7, 11) is 0. The van der Waals surface area contributed by atoms with E-state index in [-0.39, 0.29) is 0 Å². The van der Waals surface area contributed by atoms with Crippen molar-refractivity contribution in [3.8, 4) is 0 Å². The van der Waals surface area contributed by atoms with Gasteiger partial charge in [-0.25, -0.2) is 0 Å². The van der Waals surface area contributed by atoms with Gasteiger partial charge in [0.25, 0.3) is 0 Å². The van der Waals surface area contributed by atoms with Crippen LogP contribution in [0.3, 0.4) is 0 Å². The van der Waals surface area contributed by atoms with Crippen molar-refractivity contribution in [1.82, 2.24) is 0 Å². The van der Waals surface area contributed by atoms with E-state index >= 15 is 0 Å². The van der Waals surface area contributed by atoms with Crippen molar-refractivity contribution >= 4 is 33.4 Å². The van der Waals surface area contributed by atoms with Gasteiger partial charge in [0.05, 0.1) is 5.71 Å². The van der Waals surface area contributed by atoms with Gasteiger partial charge in [0.15, 0.2) is 0 Å². The Labute approximate surface area is 119 Å². The minimum absolute atomic E-state index is 0.636. The van der Waals surface area contributed by atoms with Gasteiger partial charge in [-0.05, 0) is 24.3 Å². The van der Waals surface area contributed by atoms with Crippen LogP contribution in [-0.2, 0) is 0 Å². The number of rotatable bonds is 4. The predicted octanol–water partition coefficient (Wildman–Crippen LogP) is 4.42. The second kappa shape index (κ2) is 6.61. The van der Waals surface area contributed by atoms with E-state index in [1.54, 1.807) is 11.8 Å². The monoisotopic (exact) mass is 321 g/mol.